The second kappa shape index (κ2) is 8.22. The predicted molar refractivity (Wildman–Crippen MR) is 111 cm³/mol. The average molecular weight is 425 g/mol. The van der Waals surface area contributed by atoms with Crippen LogP contribution in [0.3, 0.4) is 0 Å². The Labute approximate surface area is 169 Å². The molecule has 0 aromatic heterocycles. The number of carbonyl (C=O) groups excluding carboxylic acids is 1. The van der Waals surface area contributed by atoms with Gasteiger partial charge in [0.05, 0.1) is 10.6 Å². The number of benzene rings is 2. The number of carbonyl (C=O) groups is 1. The van der Waals surface area contributed by atoms with Gasteiger partial charge in [-0.05, 0) is 41.8 Å². The molecule has 1 heterocycles. The third kappa shape index (κ3) is 4.32. The molecule has 2 aromatic rings. The van der Waals surface area contributed by atoms with E-state index in [0.717, 1.165) is 16.8 Å². The van der Waals surface area contributed by atoms with Crippen LogP contribution in [0.15, 0.2) is 47.4 Å². The highest BCUT2D eigenvalue weighted by Crippen LogP contribution is 2.31. The van der Waals surface area contributed by atoms with E-state index in [1.165, 1.54) is 30.2 Å². The smallest absolute Gasteiger partial charge is 0.242 e. The van der Waals surface area contributed by atoms with Crippen molar-refractivity contribution in [3.05, 3.63) is 58.6 Å². The molecule has 5 nitrogen and oxygen atoms in total. The predicted octanol–water partition coefficient (Wildman–Crippen LogP) is 3.41. The molecular weight excluding hydrogens is 404 g/mol. The van der Waals surface area contributed by atoms with E-state index in [4.69, 9.17) is 11.6 Å². The van der Waals surface area contributed by atoms with Crippen LogP contribution in [-0.4, -0.2) is 45.0 Å². The average Bonchev–Trinajstić information content (AvgIpc) is 3.06. The maximum absolute atomic E-state index is 12.6. The highest BCUT2D eigenvalue weighted by Gasteiger charge is 2.27. The summed E-state index contributed by atoms with van der Waals surface area (Å²) in [5.41, 5.74) is 2.70. The molecule has 0 saturated heterocycles. The van der Waals surface area contributed by atoms with Crippen LogP contribution in [0.25, 0.3) is 0 Å². The molecule has 0 fully saturated rings. The first kappa shape index (κ1) is 20.2. The lowest BCUT2D eigenvalue weighted by atomic mass is 10.2. The van der Waals surface area contributed by atoms with Gasteiger partial charge >= 0.3 is 0 Å². The van der Waals surface area contributed by atoms with Crippen LogP contribution in [0.5, 0.6) is 0 Å². The largest absolute Gasteiger partial charge is 0.311 e. The fourth-order valence-corrected chi connectivity index (χ4v) is 5.09. The summed E-state index contributed by atoms with van der Waals surface area (Å²) in [6, 6.07) is 12.6. The van der Waals surface area contributed by atoms with E-state index in [1.807, 2.05) is 24.3 Å². The van der Waals surface area contributed by atoms with Crippen LogP contribution in [-0.2, 0) is 27.0 Å². The topological polar surface area (TPSA) is 57.7 Å². The SMILES string of the molecule is CN(C)S(=O)(=O)c1ccc2c(c1)CCN2C(=O)CSCc1ccccc1Cl. The summed E-state index contributed by atoms with van der Waals surface area (Å²) in [4.78, 5) is 14.6. The van der Waals surface area contributed by atoms with E-state index in [2.05, 4.69) is 0 Å². The number of sulfonamides is 1. The lowest BCUT2D eigenvalue weighted by molar-refractivity contribution is -0.116. The zero-order chi connectivity index (χ0) is 19.6. The maximum Gasteiger partial charge on any atom is 0.242 e. The van der Waals surface area contributed by atoms with E-state index in [0.29, 0.717) is 29.5 Å². The van der Waals surface area contributed by atoms with E-state index in [9.17, 15) is 13.2 Å². The molecule has 1 aliphatic heterocycles. The van der Waals surface area contributed by atoms with E-state index >= 15 is 0 Å². The summed E-state index contributed by atoms with van der Waals surface area (Å²) in [5, 5.41) is 0.707. The lowest BCUT2D eigenvalue weighted by Crippen LogP contribution is -2.30. The molecule has 8 heteroatoms. The van der Waals surface area contributed by atoms with Crippen LogP contribution in [0.4, 0.5) is 5.69 Å². The van der Waals surface area contributed by atoms with Crippen LogP contribution in [0, 0.1) is 0 Å². The molecule has 0 atom stereocenters. The summed E-state index contributed by atoms with van der Waals surface area (Å²) >= 11 is 7.67. The molecule has 0 unspecified atom stereocenters. The molecule has 0 N–H and O–H groups in total. The van der Waals surface area contributed by atoms with Gasteiger partial charge in [0.1, 0.15) is 0 Å². The highest BCUT2D eigenvalue weighted by atomic mass is 35.5. The summed E-state index contributed by atoms with van der Waals surface area (Å²) in [7, 11) is -0.455. The number of rotatable bonds is 6. The van der Waals surface area contributed by atoms with Crippen LogP contribution < -0.4 is 4.90 Å². The van der Waals surface area contributed by atoms with Crippen molar-refractivity contribution in [1.29, 1.82) is 0 Å². The molecule has 2 aromatic carbocycles. The minimum absolute atomic E-state index is 0.0222. The first-order chi connectivity index (χ1) is 12.8. The van der Waals surface area contributed by atoms with Crippen LogP contribution >= 0.6 is 23.4 Å². The Morgan fingerprint density at radius 1 is 1.22 bits per heavy atom. The second-order valence-electron chi connectivity index (χ2n) is 6.46. The standard InChI is InChI=1S/C19H21ClN2O3S2/c1-21(2)27(24,25)16-7-8-18-14(11-16)9-10-22(18)19(23)13-26-12-15-5-3-4-6-17(15)20/h3-8,11H,9-10,12-13H2,1-2H3. The zero-order valence-electron chi connectivity index (χ0n) is 15.2. The van der Waals surface area contributed by atoms with E-state index in [-0.39, 0.29) is 10.8 Å². The van der Waals surface area contributed by atoms with Gasteiger partial charge < -0.3 is 4.90 Å². The number of fused-ring (bicyclic) bond motifs is 1. The minimum atomic E-state index is -3.47. The highest BCUT2D eigenvalue weighted by molar-refractivity contribution is 7.99. The molecule has 0 saturated carbocycles. The van der Waals surface area contributed by atoms with Crippen molar-refractivity contribution in [3.8, 4) is 0 Å². The molecule has 0 bridgehead atoms. The fraction of sp³-hybridized carbons (Fsp3) is 0.316. The lowest BCUT2D eigenvalue weighted by Gasteiger charge is -2.18. The summed E-state index contributed by atoms with van der Waals surface area (Å²) in [6.07, 6.45) is 0.660. The van der Waals surface area contributed by atoms with Crippen molar-refractivity contribution < 1.29 is 13.2 Å². The second-order valence-corrected chi connectivity index (χ2v) is 10.0. The molecule has 0 aliphatic carbocycles. The summed E-state index contributed by atoms with van der Waals surface area (Å²) in [5.74, 6) is 1.04. The Morgan fingerprint density at radius 2 is 1.96 bits per heavy atom. The van der Waals surface area contributed by atoms with Crippen molar-refractivity contribution >= 4 is 45.0 Å². The van der Waals surface area contributed by atoms with E-state index < -0.39 is 10.0 Å². The molecule has 1 amide bonds. The van der Waals surface area contributed by atoms with Gasteiger partial charge in [-0.3, -0.25) is 4.79 Å². The van der Waals surface area contributed by atoms with Gasteiger partial charge in [-0.2, -0.15) is 0 Å². The molecule has 0 spiro atoms. The third-order valence-electron chi connectivity index (χ3n) is 4.47. The van der Waals surface area contributed by atoms with Gasteiger partial charge in [0, 0.05) is 37.1 Å². The zero-order valence-corrected chi connectivity index (χ0v) is 17.6. The number of thioether (sulfide) groups is 1. The molecule has 0 radical (unpaired) electrons. The van der Waals surface area contributed by atoms with E-state index in [1.54, 1.807) is 23.1 Å². The number of amides is 1. The third-order valence-corrected chi connectivity index (χ3v) is 7.61. The first-order valence-electron chi connectivity index (χ1n) is 8.47. The molecular formula is C19H21ClN2O3S2. The van der Waals surface area contributed by atoms with Crippen LogP contribution in [0.1, 0.15) is 11.1 Å². The number of hydrogen-bond acceptors (Lipinski definition) is 4. The van der Waals surface area contributed by atoms with Gasteiger partial charge in [0.25, 0.3) is 0 Å². The van der Waals surface area contributed by atoms with Crippen LogP contribution in [0.2, 0.25) is 5.02 Å². The molecule has 144 valence electrons. The van der Waals surface area contributed by atoms with Crippen molar-refractivity contribution in [1.82, 2.24) is 4.31 Å². The minimum Gasteiger partial charge on any atom is -0.311 e. The van der Waals surface area contributed by atoms with Gasteiger partial charge in [-0.1, -0.05) is 29.8 Å². The van der Waals surface area contributed by atoms with Crippen molar-refractivity contribution in [2.75, 3.05) is 31.3 Å². The van der Waals surface area contributed by atoms with Crippen molar-refractivity contribution in [2.24, 2.45) is 0 Å². The quantitative estimate of drug-likeness (QED) is 0.713. The fourth-order valence-electron chi connectivity index (χ4n) is 2.95. The number of nitrogens with zero attached hydrogens (tertiary/aromatic N) is 2. The van der Waals surface area contributed by atoms with Gasteiger partial charge in [-0.25, -0.2) is 12.7 Å². The summed E-state index contributed by atoms with van der Waals surface area (Å²) in [6.45, 7) is 0.576. The monoisotopic (exact) mass is 424 g/mol. The Bertz CT molecular complexity index is 961. The Balaban J connectivity index is 1.67. The van der Waals surface area contributed by atoms with Gasteiger partial charge in [0.2, 0.25) is 15.9 Å². The maximum atomic E-state index is 12.6. The normalized spacial score (nSPS) is 13.9. The Morgan fingerprint density at radius 3 is 2.67 bits per heavy atom. The summed E-state index contributed by atoms with van der Waals surface area (Å²) < 4.78 is 25.8. The number of halogens is 1. The number of anilines is 1. The molecule has 1 aliphatic rings. The Hall–Kier alpha value is -1.54. The van der Waals surface area contributed by atoms with Crippen molar-refractivity contribution in [2.45, 2.75) is 17.1 Å². The molecule has 3 rings (SSSR count). The Kier molecular flexibility index (Phi) is 6.15. The van der Waals surface area contributed by atoms with Crippen molar-refractivity contribution in [3.63, 3.8) is 0 Å². The number of hydrogen-bond donors (Lipinski definition) is 0. The van der Waals surface area contributed by atoms with Gasteiger partial charge in [0.15, 0.2) is 0 Å². The molecule has 27 heavy (non-hydrogen) atoms. The van der Waals surface area contributed by atoms with Gasteiger partial charge in [-0.15, -0.1) is 11.8 Å². The first-order valence-corrected chi connectivity index (χ1v) is 11.4.